The molecule has 10 heteroatoms. The Balaban J connectivity index is 1.91. The van der Waals surface area contributed by atoms with Crippen LogP contribution in [0.5, 0.6) is 0 Å². The second-order valence-electron chi connectivity index (χ2n) is 5.31. The summed E-state index contributed by atoms with van der Waals surface area (Å²) in [5.41, 5.74) is 0.521. The zero-order valence-electron chi connectivity index (χ0n) is 13.1. The Hall–Kier alpha value is -3.82. The van der Waals surface area contributed by atoms with Crippen LogP contribution in [-0.4, -0.2) is 47.2 Å². The lowest BCUT2D eigenvalue weighted by Crippen LogP contribution is -2.08. The molecule has 3 N–H and O–H groups in total. The third-order valence-corrected chi connectivity index (χ3v) is 3.49. The highest BCUT2D eigenvalue weighted by atomic mass is 19.1. The summed E-state index contributed by atoms with van der Waals surface area (Å²) in [6.45, 7) is 0.0749. The molecule has 0 aliphatic carbocycles. The number of hydrogen-bond donors (Lipinski definition) is 3. The third-order valence-electron chi connectivity index (χ3n) is 3.49. The van der Waals surface area contributed by atoms with Crippen molar-refractivity contribution in [2.75, 3.05) is 0 Å². The number of allylic oxidation sites excluding steroid dienone is 1. The van der Waals surface area contributed by atoms with E-state index in [-0.39, 0.29) is 23.6 Å². The van der Waals surface area contributed by atoms with Crippen LogP contribution in [0.3, 0.4) is 0 Å². The van der Waals surface area contributed by atoms with Crippen LogP contribution >= 0.6 is 0 Å². The summed E-state index contributed by atoms with van der Waals surface area (Å²) in [6.07, 6.45) is 2.21. The number of rotatable bonds is 6. The molecule has 2 aromatic heterocycles. The Morgan fingerprint density at radius 2 is 2.08 bits per heavy atom. The molecule has 0 bridgehead atoms. The van der Waals surface area contributed by atoms with Crippen molar-refractivity contribution in [1.29, 1.82) is 0 Å². The molecule has 0 aliphatic heterocycles. The quantitative estimate of drug-likeness (QED) is 0.347. The summed E-state index contributed by atoms with van der Waals surface area (Å²) in [5.74, 6) is -3.08. The molecule has 0 radical (unpaired) electrons. The molecule has 0 saturated heterocycles. The number of aliphatic hydroxyl groups is 1. The first-order chi connectivity index (χ1) is 12.4. The lowest BCUT2D eigenvalue weighted by atomic mass is 10.2. The maximum atomic E-state index is 13.3. The van der Waals surface area contributed by atoms with Gasteiger partial charge in [0.2, 0.25) is 11.6 Å². The number of ketones is 1. The average molecular weight is 357 g/mol. The van der Waals surface area contributed by atoms with E-state index in [4.69, 9.17) is 0 Å². The first kappa shape index (κ1) is 17.0. The van der Waals surface area contributed by atoms with Crippen molar-refractivity contribution in [3.05, 3.63) is 71.1 Å². The number of hydrogen-bond acceptors (Lipinski definition) is 6. The fraction of sp³-hybridized carbons (Fsp3) is 0.0625. The predicted molar refractivity (Wildman–Crippen MR) is 86.0 cm³/mol. The maximum Gasteiger partial charge on any atom is 0.352 e. The summed E-state index contributed by atoms with van der Waals surface area (Å²) in [4.78, 5) is 23.3. The number of aromatic nitrogens is 5. The minimum absolute atomic E-state index is 0.0749. The second kappa shape index (κ2) is 6.97. The molecule has 26 heavy (non-hydrogen) atoms. The molecule has 0 aliphatic rings. The smallest absolute Gasteiger partial charge is 0.352 e. The van der Waals surface area contributed by atoms with Gasteiger partial charge < -0.3 is 14.8 Å². The summed E-state index contributed by atoms with van der Waals surface area (Å²) >= 11 is 0. The van der Waals surface area contributed by atoms with Crippen LogP contribution in [-0.2, 0) is 6.54 Å². The molecule has 0 atom stereocenters. The number of carboxylic acids is 1. The van der Waals surface area contributed by atoms with Crippen molar-refractivity contribution in [3.63, 3.8) is 0 Å². The Kier molecular flexibility index (Phi) is 4.56. The number of carbonyl (C=O) groups excluding carboxylic acids is 1. The van der Waals surface area contributed by atoms with E-state index in [1.165, 1.54) is 35.0 Å². The number of tetrazole rings is 1. The van der Waals surface area contributed by atoms with Crippen molar-refractivity contribution >= 4 is 17.5 Å². The number of aromatic carboxylic acids is 1. The molecule has 132 valence electrons. The Morgan fingerprint density at radius 3 is 2.73 bits per heavy atom. The molecule has 3 aromatic rings. The molecule has 9 nitrogen and oxygen atoms in total. The van der Waals surface area contributed by atoms with Crippen molar-refractivity contribution in [2.45, 2.75) is 6.54 Å². The standard InChI is InChI=1S/C16H12FN5O4/c17-11-3-1-2-9(4-11)7-22-8-10(5-12(22)16(25)26)13(23)6-14(24)15-18-20-21-19-15/h1-6,8,23H,7H2,(H,25,26)(H,18,19,20,21). The normalized spacial score (nSPS) is 11.5. The number of halogens is 1. The Bertz CT molecular complexity index is 994. The van der Waals surface area contributed by atoms with Gasteiger partial charge in [-0.15, -0.1) is 10.2 Å². The van der Waals surface area contributed by atoms with E-state index in [2.05, 4.69) is 20.6 Å². The zero-order chi connectivity index (χ0) is 18.7. The number of aliphatic hydroxyl groups excluding tert-OH is 1. The van der Waals surface area contributed by atoms with Gasteiger partial charge in [-0.2, -0.15) is 5.21 Å². The third kappa shape index (κ3) is 3.64. The average Bonchev–Trinajstić information content (AvgIpc) is 3.24. The topological polar surface area (TPSA) is 134 Å². The summed E-state index contributed by atoms with van der Waals surface area (Å²) in [6, 6.07) is 6.92. The number of carboxylic acid groups (broad SMARTS) is 1. The first-order valence-corrected chi connectivity index (χ1v) is 7.31. The van der Waals surface area contributed by atoms with Crippen LogP contribution < -0.4 is 0 Å². The maximum absolute atomic E-state index is 13.3. The highest BCUT2D eigenvalue weighted by Gasteiger charge is 2.17. The largest absolute Gasteiger partial charge is 0.507 e. The van der Waals surface area contributed by atoms with E-state index >= 15 is 0 Å². The minimum atomic E-state index is -1.23. The second-order valence-corrected chi connectivity index (χ2v) is 5.31. The van der Waals surface area contributed by atoms with Crippen LogP contribution in [0.15, 0.2) is 42.6 Å². The molecule has 0 fully saturated rings. The molecule has 1 aromatic carbocycles. The zero-order valence-corrected chi connectivity index (χ0v) is 13.1. The van der Waals surface area contributed by atoms with Gasteiger partial charge in [-0.25, -0.2) is 9.18 Å². The monoisotopic (exact) mass is 357 g/mol. The highest BCUT2D eigenvalue weighted by molar-refractivity contribution is 6.05. The van der Waals surface area contributed by atoms with Gasteiger partial charge in [-0.3, -0.25) is 4.79 Å². The molecular weight excluding hydrogens is 345 g/mol. The van der Waals surface area contributed by atoms with Gasteiger partial charge in [0, 0.05) is 24.4 Å². The van der Waals surface area contributed by atoms with Crippen LogP contribution in [0.25, 0.3) is 5.76 Å². The molecule has 0 saturated carbocycles. The van der Waals surface area contributed by atoms with Gasteiger partial charge in [-0.05, 0) is 29.0 Å². The number of aromatic amines is 1. The Labute approximate surface area is 145 Å². The number of H-pyrrole nitrogens is 1. The van der Waals surface area contributed by atoms with Crippen molar-refractivity contribution in [3.8, 4) is 0 Å². The fourth-order valence-corrected chi connectivity index (χ4v) is 2.33. The van der Waals surface area contributed by atoms with E-state index in [0.717, 1.165) is 6.08 Å². The van der Waals surface area contributed by atoms with Crippen molar-refractivity contribution in [1.82, 2.24) is 25.2 Å². The van der Waals surface area contributed by atoms with Gasteiger partial charge in [0.05, 0.1) is 0 Å². The van der Waals surface area contributed by atoms with E-state index in [9.17, 15) is 24.2 Å². The molecule has 0 unspecified atom stereocenters. The van der Waals surface area contributed by atoms with Gasteiger partial charge >= 0.3 is 5.97 Å². The van der Waals surface area contributed by atoms with Crippen molar-refractivity contribution in [2.24, 2.45) is 0 Å². The molecule has 3 rings (SSSR count). The molecule has 0 amide bonds. The lowest BCUT2D eigenvalue weighted by molar-refractivity contribution is 0.0685. The Morgan fingerprint density at radius 1 is 1.27 bits per heavy atom. The van der Waals surface area contributed by atoms with E-state index < -0.39 is 23.3 Å². The lowest BCUT2D eigenvalue weighted by Gasteiger charge is -2.06. The van der Waals surface area contributed by atoms with Crippen LogP contribution in [0.4, 0.5) is 4.39 Å². The predicted octanol–water partition coefficient (Wildman–Crippen LogP) is 1.67. The van der Waals surface area contributed by atoms with Crippen LogP contribution in [0.2, 0.25) is 0 Å². The summed E-state index contributed by atoms with van der Waals surface area (Å²) < 4.78 is 14.6. The highest BCUT2D eigenvalue weighted by Crippen LogP contribution is 2.18. The summed E-state index contributed by atoms with van der Waals surface area (Å²) in [5, 5.41) is 31.8. The van der Waals surface area contributed by atoms with E-state index in [1.807, 2.05) is 0 Å². The SMILES string of the molecule is O=C(C=C(O)c1cc(C(=O)O)n(Cc2cccc(F)c2)c1)c1nn[nH]n1. The molecular formula is C16H12FN5O4. The number of benzene rings is 1. The number of nitrogens with one attached hydrogen (secondary N) is 1. The fourth-order valence-electron chi connectivity index (χ4n) is 2.33. The summed E-state index contributed by atoms with van der Waals surface area (Å²) in [7, 11) is 0. The van der Waals surface area contributed by atoms with Crippen LogP contribution in [0.1, 0.15) is 32.2 Å². The van der Waals surface area contributed by atoms with Gasteiger partial charge in [-0.1, -0.05) is 12.1 Å². The molecule has 0 spiro atoms. The van der Waals surface area contributed by atoms with Gasteiger partial charge in [0.1, 0.15) is 17.3 Å². The molecule has 2 heterocycles. The number of nitrogens with zero attached hydrogens (tertiary/aromatic N) is 4. The van der Waals surface area contributed by atoms with E-state index in [1.54, 1.807) is 6.07 Å². The van der Waals surface area contributed by atoms with Gasteiger partial charge in [0.15, 0.2) is 0 Å². The van der Waals surface area contributed by atoms with Crippen molar-refractivity contribution < 1.29 is 24.2 Å². The first-order valence-electron chi connectivity index (χ1n) is 7.31. The number of carbonyl (C=O) groups is 2. The van der Waals surface area contributed by atoms with Gasteiger partial charge in [0.25, 0.3) is 0 Å². The van der Waals surface area contributed by atoms with Crippen LogP contribution in [0, 0.1) is 5.82 Å². The minimum Gasteiger partial charge on any atom is -0.507 e. The van der Waals surface area contributed by atoms with E-state index in [0.29, 0.717) is 5.56 Å².